The van der Waals surface area contributed by atoms with E-state index in [1.807, 2.05) is 0 Å². The monoisotopic (exact) mass is 322 g/mol. The molecule has 0 aromatic heterocycles. The molecule has 0 saturated carbocycles. The molecule has 1 atom stereocenters. The summed E-state index contributed by atoms with van der Waals surface area (Å²) < 4.78 is 12.8. The van der Waals surface area contributed by atoms with Gasteiger partial charge in [-0.1, -0.05) is 12.1 Å². The first kappa shape index (κ1) is 17.4. The van der Waals surface area contributed by atoms with Crippen LogP contribution in [0.5, 0.6) is 0 Å². The topological polar surface area (TPSA) is 60.9 Å². The fraction of sp³-hybridized carbons (Fsp3) is 0.529. The van der Waals surface area contributed by atoms with Crippen molar-refractivity contribution >= 4 is 11.8 Å². The van der Waals surface area contributed by atoms with Crippen LogP contribution in [0.25, 0.3) is 0 Å². The maximum absolute atomic E-state index is 12.8. The van der Waals surface area contributed by atoms with Crippen molar-refractivity contribution < 1.29 is 19.1 Å². The van der Waals surface area contributed by atoms with E-state index in [1.165, 1.54) is 19.1 Å². The van der Waals surface area contributed by atoms with E-state index in [1.54, 1.807) is 21.9 Å². The van der Waals surface area contributed by atoms with Crippen LogP contribution in [0.15, 0.2) is 24.3 Å². The van der Waals surface area contributed by atoms with Crippen LogP contribution in [0.2, 0.25) is 0 Å². The summed E-state index contributed by atoms with van der Waals surface area (Å²) in [6, 6.07) is 6.28. The number of hydrogen-bond acceptors (Lipinski definition) is 3. The van der Waals surface area contributed by atoms with Gasteiger partial charge in [-0.2, -0.15) is 0 Å². The summed E-state index contributed by atoms with van der Waals surface area (Å²) >= 11 is 0. The van der Waals surface area contributed by atoms with Crippen molar-refractivity contribution in [2.24, 2.45) is 0 Å². The molecule has 1 aromatic rings. The lowest BCUT2D eigenvalue weighted by molar-refractivity contribution is -0.132. The van der Waals surface area contributed by atoms with Crippen molar-refractivity contribution in [1.29, 1.82) is 0 Å². The zero-order valence-corrected chi connectivity index (χ0v) is 13.4. The molecule has 1 heterocycles. The van der Waals surface area contributed by atoms with Gasteiger partial charge in [-0.25, -0.2) is 4.39 Å². The molecular weight excluding hydrogens is 299 g/mol. The van der Waals surface area contributed by atoms with Gasteiger partial charge in [-0.15, -0.1) is 0 Å². The number of aryl methyl sites for hydroxylation is 1. The number of carbonyl (C=O) groups is 2. The second kappa shape index (κ2) is 8.06. The molecular formula is C17H23FN2O3. The highest BCUT2D eigenvalue weighted by Crippen LogP contribution is 2.10. The molecule has 0 aliphatic carbocycles. The highest BCUT2D eigenvalue weighted by molar-refractivity contribution is 5.77. The Morgan fingerprint density at radius 2 is 1.78 bits per heavy atom. The average Bonchev–Trinajstić information content (AvgIpc) is 2.71. The molecule has 2 rings (SSSR count). The highest BCUT2D eigenvalue weighted by atomic mass is 19.1. The number of hydrogen-bond donors (Lipinski definition) is 1. The Labute approximate surface area is 135 Å². The van der Waals surface area contributed by atoms with Gasteiger partial charge in [0.1, 0.15) is 5.82 Å². The van der Waals surface area contributed by atoms with Crippen LogP contribution in [-0.2, 0) is 16.0 Å². The lowest BCUT2D eigenvalue weighted by Crippen LogP contribution is -2.37. The van der Waals surface area contributed by atoms with Gasteiger partial charge in [0, 0.05) is 39.5 Å². The number of aliphatic hydroxyl groups excluding tert-OH is 1. The van der Waals surface area contributed by atoms with Crippen molar-refractivity contribution in [1.82, 2.24) is 9.80 Å². The Kier molecular flexibility index (Phi) is 6.10. The Hall–Kier alpha value is -1.95. The molecule has 126 valence electrons. The Balaban J connectivity index is 1.80. The predicted molar refractivity (Wildman–Crippen MR) is 84.2 cm³/mol. The lowest BCUT2D eigenvalue weighted by atomic mass is 10.1. The molecule has 0 radical (unpaired) electrons. The molecule has 2 amide bonds. The number of β-amino-alcohol motifs (C(OH)–C–C–N with tert-alkyl or cyclic N) is 1. The van der Waals surface area contributed by atoms with Crippen LogP contribution < -0.4 is 0 Å². The van der Waals surface area contributed by atoms with Gasteiger partial charge < -0.3 is 14.9 Å². The number of aliphatic hydroxyl groups is 1. The van der Waals surface area contributed by atoms with Crippen LogP contribution in [0.1, 0.15) is 25.3 Å². The zero-order chi connectivity index (χ0) is 16.8. The third-order valence-corrected chi connectivity index (χ3v) is 4.07. The van der Waals surface area contributed by atoms with Gasteiger partial charge in [0.25, 0.3) is 0 Å². The summed E-state index contributed by atoms with van der Waals surface area (Å²) in [5.41, 5.74) is 0.998. The lowest BCUT2D eigenvalue weighted by Gasteiger charge is -2.21. The van der Waals surface area contributed by atoms with E-state index in [-0.39, 0.29) is 30.7 Å². The first-order valence-corrected chi connectivity index (χ1v) is 7.91. The SMILES string of the molecule is CC(=O)N1CCN(C(=O)CCCc2ccc(F)cc2)C[C@H](O)C1. The van der Waals surface area contributed by atoms with E-state index in [0.29, 0.717) is 32.4 Å². The van der Waals surface area contributed by atoms with Crippen LogP contribution in [0, 0.1) is 5.82 Å². The minimum atomic E-state index is -0.706. The van der Waals surface area contributed by atoms with E-state index in [0.717, 1.165) is 5.56 Å². The standard InChI is InChI=1S/C17H23FN2O3/c1-13(21)19-9-10-20(12-16(22)11-19)17(23)4-2-3-14-5-7-15(18)8-6-14/h5-8,16,22H,2-4,9-12H2,1H3/t16-/m1/s1. The first-order valence-electron chi connectivity index (χ1n) is 7.91. The molecule has 1 aliphatic rings. The fourth-order valence-electron chi connectivity index (χ4n) is 2.76. The summed E-state index contributed by atoms with van der Waals surface area (Å²) in [5, 5.41) is 9.93. The highest BCUT2D eigenvalue weighted by Gasteiger charge is 2.25. The third-order valence-electron chi connectivity index (χ3n) is 4.07. The molecule has 0 spiro atoms. The fourth-order valence-corrected chi connectivity index (χ4v) is 2.76. The van der Waals surface area contributed by atoms with Gasteiger partial charge in [-0.3, -0.25) is 9.59 Å². The Morgan fingerprint density at radius 1 is 1.17 bits per heavy atom. The largest absolute Gasteiger partial charge is 0.389 e. The molecule has 1 saturated heterocycles. The summed E-state index contributed by atoms with van der Waals surface area (Å²) in [6.07, 6.45) is 1.06. The minimum Gasteiger partial charge on any atom is -0.389 e. The van der Waals surface area contributed by atoms with Crippen molar-refractivity contribution in [2.45, 2.75) is 32.3 Å². The van der Waals surface area contributed by atoms with Crippen LogP contribution in [0.4, 0.5) is 4.39 Å². The molecule has 1 fully saturated rings. The van der Waals surface area contributed by atoms with E-state index in [9.17, 15) is 19.1 Å². The number of halogens is 1. The maximum atomic E-state index is 12.8. The summed E-state index contributed by atoms with van der Waals surface area (Å²) in [4.78, 5) is 26.9. The summed E-state index contributed by atoms with van der Waals surface area (Å²) in [6.45, 7) is 2.91. The van der Waals surface area contributed by atoms with Crippen LogP contribution >= 0.6 is 0 Å². The van der Waals surface area contributed by atoms with Crippen LogP contribution in [0.3, 0.4) is 0 Å². The van der Waals surface area contributed by atoms with Gasteiger partial charge in [0.15, 0.2) is 0 Å². The second-order valence-corrected chi connectivity index (χ2v) is 5.94. The molecule has 1 N–H and O–H groups in total. The number of nitrogens with zero attached hydrogens (tertiary/aromatic N) is 2. The predicted octanol–water partition coefficient (Wildman–Crippen LogP) is 1.20. The van der Waals surface area contributed by atoms with Crippen molar-refractivity contribution in [2.75, 3.05) is 26.2 Å². The second-order valence-electron chi connectivity index (χ2n) is 5.94. The van der Waals surface area contributed by atoms with Crippen molar-refractivity contribution in [3.8, 4) is 0 Å². The minimum absolute atomic E-state index is 0.0171. The van der Waals surface area contributed by atoms with Gasteiger partial charge in [0.2, 0.25) is 11.8 Å². The molecule has 6 heteroatoms. The van der Waals surface area contributed by atoms with E-state index < -0.39 is 6.10 Å². The zero-order valence-electron chi connectivity index (χ0n) is 13.4. The summed E-state index contributed by atoms with van der Waals surface area (Å²) in [5.74, 6) is -0.371. The Bertz CT molecular complexity index is 547. The molecule has 1 aliphatic heterocycles. The molecule has 0 unspecified atom stereocenters. The Morgan fingerprint density at radius 3 is 2.43 bits per heavy atom. The molecule has 1 aromatic carbocycles. The van der Waals surface area contributed by atoms with Crippen molar-refractivity contribution in [3.63, 3.8) is 0 Å². The summed E-state index contributed by atoms with van der Waals surface area (Å²) in [7, 11) is 0. The smallest absolute Gasteiger partial charge is 0.222 e. The third kappa shape index (κ3) is 5.32. The molecule has 23 heavy (non-hydrogen) atoms. The normalized spacial score (nSPS) is 18.7. The maximum Gasteiger partial charge on any atom is 0.222 e. The van der Waals surface area contributed by atoms with E-state index in [2.05, 4.69) is 0 Å². The van der Waals surface area contributed by atoms with Crippen molar-refractivity contribution in [3.05, 3.63) is 35.6 Å². The quantitative estimate of drug-likeness (QED) is 0.906. The number of rotatable bonds is 4. The first-order chi connectivity index (χ1) is 11.0. The van der Waals surface area contributed by atoms with E-state index in [4.69, 9.17) is 0 Å². The molecule has 0 bridgehead atoms. The molecule has 5 nitrogen and oxygen atoms in total. The van der Waals surface area contributed by atoms with E-state index >= 15 is 0 Å². The number of benzene rings is 1. The average molecular weight is 322 g/mol. The number of amides is 2. The van der Waals surface area contributed by atoms with Gasteiger partial charge in [0.05, 0.1) is 6.10 Å². The van der Waals surface area contributed by atoms with Gasteiger partial charge in [-0.05, 0) is 30.5 Å². The van der Waals surface area contributed by atoms with Gasteiger partial charge >= 0.3 is 0 Å². The van der Waals surface area contributed by atoms with Crippen LogP contribution in [-0.4, -0.2) is 59.0 Å². The number of carbonyl (C=O) groups excluding carboxylic acids is 2.